The van der Waals surface area contributed by atoms with E-state index in [1.54, 1.807) is 11.3 Å². The Kier molecular flexibility index (Phi) is 4.74. The van der Waals surface area contributed by atoms with Gasteiger partial charge < -0.3 is 14.7 Å². The van der Waals surface area contributed by atoms with Crippen molar-refractivity contribution < 1.29 is 0 Å². The molecule has 0 spiro atoms. The second kappa shape index (κ2) is 5.86. The van der Waals surface area contributed by atoms with Gasteiger partial charge in [0.05, 0.1) is 12.2 Å². The van der Waals surface area contributed by atoms with Crippen molar-refractivity contribution in [3.05, 3.63) is 11.1 Å². The minimum absolute atomic E-state index is 0.621. The predicted molar refractivity (Wildman–Crippen MR) is 75.0 cm³/mol. The van der Waals surface area contributed by atoms with Crippen LogP contribution >= 0.6 is 11.3 Å². The lowest BCUT2D eigenvalue weighted by Gasteiger charge is -2.22. The van der Waals surface area contributed by atoms with Crippen LogP contribution in [0.25, 0.3) is 0 Å². The molecule has 0 fully saturated rings. The number of nitrogens with zero attached hydrogens (tertiary/aromatic N) is 5. The lowest BCUT2D eigenvalue weighted by atomic mass is 10.5. The van der Waals surface area contributed by atoms with Crippen molar-refractivity contribution in [3.63, 3.8) is 0 Å². The van der Waals surface area contributed by atoms with Crippen LogP contribution in [0.3, 0.4) is 0 Å². The molecule has 0 saturated heterocycles. The maximum absolute atomic E-state index is 4.56. The third-order valence-corrected chi connectivity index (χ3v) is 3.16. The Labute approximate surface area is 107 Å². The molecular formula is C11H21N5S. The number of thiazole rings is 1. The lowest BCUT2D eigenvalue weighted by molar-refractivity contribution is 0.479. The third-order valence-electron chi connectivity index (χ3n) is 2.10. The highest BCUT2D eigenvalue weighted by atomic mass is 32.1. The summed E-state index contributed by atoms with van der Waals surface area (Å²) in [5, 5.41) is 3.08. The molecule has 1 rings (SSSR count). The van der Waals surface area contributed by atoms with Gasteiger partial charge in [0.15, 0.2) is 11.1 Å². The van der Waals surface area contributed by atoms with Gasteiger partial charge >= 0.3 is 0 Å². The number of aliphatic imine (C=N–C) groups is 1. The van der Waals surface area contributed by atoms with Crippen LogP contribution in [0.5, 0.6) is 0 Å². The van der Waals surface area contributed by atoms with Gasteiger partial charge in [-0.2, -0.15) is 0 Å². The Hall–Kier alpha value is -1.30. The van der Waals surface area contributed by atoms with Gasteiger partial charge in [-0.3, -0.25) is 0 Å². The quantitative estimate of drug-likeness (QED) is 0.600. The van der Waals surface area contributed by atoms with Gasteiger partial charge in [0.1, 0.15) is 0 Å². The molecule has 0 unspecified atom stereocenters. The minimum atomic E-state index is 0.621. The number of aromatic nitrogens is 1. The summed E-state index contributed by atoms with van der Waals surface area (Å²) in [6.45, 7) is 0.621. The van der Waals surface area contributed by atoms with Gasteiger partial charge in [0.2, 0.25) is 0 Å². The molecule has 17 heavy (non-hydrogen) atoms. The highest BCUT2D eigenvalue weighted by molar-refractivity contribution is 7.13. The van der Waals surface area contributed by atoms with E-state index in [4.69, 9.17) is 0 Å². The van der Waals surface area contributed by atoms with Gasteiger partial charge in [-0.1, -0.05) is 0 Å². The first kappa shape index (κ1) is 13.8. The Morgan fingerprint density at radius 3 is 2.18 bits per heavy atom. The lowest BCUT2D eigenvalue weighted by Crippen LogP contribution is -2.35. The first-order chi connectivity index (χ1) is 7.91. The van der Waals surface area contributed by atoms with Crippen LogP contribution in [0, 0.1) is 0 Å². The second-order valence-electron chi connectivity index (χ2n) is 4.42. The topological polar surface area (TPSA) is 35.0 Å². The van der Waals surface area contributed by atoms with E-state index in [0.717, 1.165) is 16.8 Å². The molecule has 0 aliphatic carbocycles. The monoisotopic (exact) mass is 255 g/mol. The summed E-state index contributed by atoms with van der Waals surface area (Å²) in [5.74, 6) is 0.949. The molecule has 1 aromatic heterocycles. The predicted octanol–water partition coefficient (Wildman–Crippen LogP) is 1.19. The van der Waals surface area contributed by atoms with Crippen molar-refractivity contribution in [3.8, 4) is 0 Å². The van der Waals surface area contributed by atoms with Gasteiger partial charge in [0.25, 0.3) is 0 Å². The van der Waals surface area contributed by atoms with Crippen LogP contribution in [0.15, 0.2) is 10.4 Å². The Bertz CT molecular complexity index is 371. The molecular weight excluding hydrogens is 234 g/mol. The molecule has 5 nitrogen and oxygen atoms in total. The van der Waals surface area contributed by atoms with Crippen LogP contribution in [-0.4, -0.2) is 63.0 Å². The maximum atomic E-state index is 4.56. The molecule has 6 heteroatoms. The number of rotatable bonds is 3. The molecule has 0 radical (unpaired) electrons. The molecule has 0 aliphatic rings. The van der Waals surface area contributed by atoms with E-state index in [0.29, 0.717) is 6.54 Å². The number of hydrogen-bond acceptors (Lipinski definition) is 4. The van der Waals surface area contributed by atoms with E-state index in [9.17, 15) is 0 Å². The van der Waals surface area contributed by atoms with Crippen LogP contribution < -0.4 is 4.90 Å². The maximum Gasteiger partial charge on any atom is 0.195 e. The van der Waals surface area contributed by atoms with Crippen molar-refractivity contribution in [2.45, 2.75) is 6.54 Å². The number of guanidine groups is 1. The summed E-state index contributed by atoms with van der Waals surface area (Å²) in [4.78, 5) is 15.1. The molecule has 1 aromatic rings. The fourth-order valence-electron chi connectivity index (χ4n) is 1.41. The Balaban J connectivity index is 2.73. The van der Waals surface area contributed by atoms with Gasteiger partial charge in [-0.25, -0.2) is 9.98 Å². The largest absolute Gasteiger partial charge is 0.354 e. The zero-order valence-corrected chi connectivity index (χ0v) is 12.2. The minimum Gasteiger partial charge on any atom is -0.354 e. The van der Waals surface area contributed by atoms with Crippen LogP contribution in [0.1, 0.15) is 5.69 Å². The van der Waals surface area contributed by atoms with E-state index in [2.05, 4.69) is 15.4 Å². The fraction of sp³-hybridized carbons (Fsp3) is 0.636. The molecule has 1 heterocycles. The fourth-order valence-corrected chi connectivity index (χ4v) is 2.16. The van der Waals surface area contributed by atoms with Crippen LogP contribution in [0.4, 0.5) is 5.13 Å². The standard InChI is InChI=1S/C11H21N5S/c1-14(2)10(15(3)4)12-7-9-8-17-11(13-9)16(5)6/h8H,7H2,1-6H3. The average Bonchev–Trinajstić information content (AvgIpc) is 2.65. The highest BCUT2D eigenvalue weighted by Gasteiger charge is 2.06. The van der Waals surface area contributed by atoms with E-state index in [1.807, 2.05) is 57.0 Å². The van der Waals surface area contributed by atoms with Gasteiger partial charge in [-0.15, -0.1) is 11.3 Å². The average molecular weight is 255 g/mol. The van der Waals surface area contributed by atoms with E-state index in [1.165, 1.54) is 0 Å². The molecule has 0 saturated carbocycles. The SMILES string of the molecule is CN(C)C(=NCc1csc(N(C)C)n1)N(C)C. The van der Waals surface area contributed by atoms with Crippen molar-refractivity contribution in [1.82, 2.24) is 14.8 Å². The summed E-state index contributed by atoms with van der Waals surface area (Å²) >= 11 is 1.64. The molecule has 96 valence electrons. The first-order valence-corrected chi connectivity index (χ1v) is 6.30. The zero-order valence-electron chi connectivity index (χ0n) is 11.4. The van der Waals surface area contributed by atoms with Crippen LogP contribution in [0.2, 0.25) is 0 Å². The zero-order chi connectivity index (χ0) is 13.0. The van der Waals surface area contributed by atoms with Crippen molar-refractivity contribution in [2.24, 2.45) is 4.99 Å². The van der Waals surface area contributed by atoms with E-state index < -0.39 is 0 Å². The number of anilines is 1. The second-order valence-corrected chi connectivity index (χ2v) is 5.26. The van der Waals surface area contributed by atoms with Crippen LogP contribution in [-0.2, 0) is 6.54 Å². The summed E-state index contributed by atoms with van der Waals surface area (Å²) < 4.78 is 0. The smallest absolute Gasteiger partial charge is 0.195 e. The van der Waals surface area contributed by atoms with Gasteiger partial charge in [0, 0.05) is 47.7 Å². The highest BCUT2D eigenvalue weighted by Crippen LogP contribution is 2.18. The molecule has 0 bridgehead atoms. The van der Waals surface area contributed by atoms with E-state index >= 15 is 0 Å². The molecule has 0 N–H and O–H groups in total. The number of hydrogen-bond donors (Lipinski definition) is 0. The van der Waals surface area contributed by atoms with E-state index in [-0.39, 0.29) is 0 Å². The summed E-state index contributed by atoms with van der Waals surface area (Å²) in [6.07, 6.45) is 0. The molecule has 0 aliphatic heterocycles. The molecule has 0 atom stereocenters. The summed E-state index contributed by atoms with van der Waals surface area (Å²) in [5.41, 5.74) is 1.01. The van der Waals surface area contributed by atoms with Gasteiger partial charge in [-0.05, 0) is 0 Å². The normalized spacial score (nSPS) is 10.0. The van der Waals surface area contributed by atoms with Crippen molar-refractivity contribution in [2.75, 3.05) is 47.2 Å². The summed E-state index contributed by atoms with van der Waals surface area (Å²) in [7, 11) is 12.0. The molecule has 0 aromatic carbocycles. The Morgan fingerprint density at radius 1 is 1.18 bits per heavy atom. The Morgan fingerprint density at radius 2 is 1.76 bits per heavy atom. The third kappa shape index (κ3) is 3.89. The first-order valence-electron chi connectivity index (χ1n) is 5.42. The molecule has 0 amide bonds. The van der Waals surface area contributed by atoms with Crippen molar-refractivity contribution in [1.29, 1.82) is 0 Å². The summed E-state index contributed by atoms with van der Waals surface area (Å²) in [6, 6.07) is 0. The van der Waals surface area contributed by atoms with Crippen molar-refractivity contribution >= 4 is 22.4 Å².